The van der Waals surface area contributed by atoms with Crippen molar-refractivity contribution in [2.24, 2.45) is 5.92 Å². The highest BCUT2D eigenvalue weighted by Crippen LogP contribution is 2.38. The number of carbonyl (C=O) groups excluding carboxylic acids is 2. The third kappa shape index (κ3) is 2.67. The number of rotatable bonds is 4. The molecule has 0 spiro atoms. The molecule has 1 saturated carbocycles. The van der Waals surface area contributed by atoms with Gasteiger partial charge in [0.1, 0.15) is 12.1 Å². The minimum absolute atomic E-state index is 0.00266. The molecular formula is C17H22N2O2. The topological polar surface area (TPSA) is 49.4 Å². The summed E-state index contributed by atoms with van der Waals surface area (Å²) in [6.07, 6.45) is 2.27. The fourth-order valence-corrected chi connectivity index (χ4v) is 3.24. The molecule has 112 valence electrons. The van der Waals surface area contributed by atoms with Gasteiger partial charge in [-0.2, -0.15) is 0 Å². The summed E-state index contributed by atoms with van der Waals surface area (Å²) in [4.78, 5) is 27.0. The zero-order valence-electron chi connectivity index (χ0n) is 12.6. The Labute approximate surface area is 125 Å². The first-order valence-corrected chi connectivity index (χ1v) is 7.78. The molecule has 3 rings (SSSR count). The highest BCUT2D eigenvalue weighted by Gasteiger charge is 2.49. The minimum atomic E-state index is -0.421. The van der Waals surface area contributed by atoms with Crippen LogP contribution in [-0.4, -0.2) is 34.8 Å². The van der Waals surface area contributed by atoms with Gasteiger partial charge in [0.05, 0.1) is 0 Å². The maximum absolute atomic E-state index is 12.8. The Morgan fingerprint density at radius 3 is 2.48 bits per heavy atom. The van der Waals surface area contributed by atoms with Crippen molar-refractivity contribution < 1.29 is 9.59 Å². The summed E-state index contributed by atoms with van der Waals surface area (Å²) in [5.41, 5.74) is 1.08. The molecule has 2 amide bonds. The van der Waals surface area contributed by atoms with E-state index in [0.717, 1.165) is 12.0 Å². The normalized spacial score (nSPS) is 32.0. The fourth-order valence-electron chi connectivity index (χ4n) is 3.24. The van der Waals surface area contributed by atoms with Crippen LogP contribution in [0.15, 0.2) is 30.3 Å². The average molecular weight is 286 g/mol. The highest BCUT2D eigenvalue weighted by molar-refractivity contribution is 5.97. The van der Waals surface area contributed by atoms with Crippen LogP contribution in [0.5, 0.6) is 0 Å². The molecule has 2 aliphatic rings. The van der Waals surface area contributed by atoms with E-state index in [-0.39, 0.29) is 23.9 Å². The van der Waals surface area contributed by atoms with Gasteiger partial charge in [-0.1, -0.05) is 44.2 Å². The fraction of sp³-hybridized carbons (Fsp3) is 0.529. The third-order valence-electron chi connectivity index (χ3n) is 4.60. The van der Waals surface area contributed by atoms with Crippen LogP contribution < -0.4 is 5.32 Å². The highest BCUT2D eigenvalue weighted by atomic mass is 16.2. The number of hydrogen-bond donors (Lipinski definition) is 1. The van der Waals surface area contributed by atoms with Crippen molar-refractivity contribution in [3.63, 3.8) is 0 Å². The molecule has 4 unspecified atom stereocenters. The number of carbonyl (C=O) groups is 2. The number of benzene rings is 1. The van der Waals surface area contributed by atoms with E-state index in [0.29, 0.717) is 18.8 Å². The molecule has 0 radical (unpaired) electrons. The summed E-state index contributed by atoms with van der Waals surface area (Å²) >= 11 is 0. The largest absolute Gasteiger partial charge is 0.342 e. The Morgan fingerprint density at radius 2 is 1.90 bits per heavy atom. The second-order valence-corrected chi connectivity index (χ2v) is 6.20. The summed E-state index contributed by atoms with van der Waals surface area (Å²) in [5.74, 6) is 0.600. The summed E-state index contributed by atoms with van der Waals surface area (Å²) in [7, 11) is 0. The third-order valence-corrected chi connectivity index (χ3v) is 4.60. The van der Waals surface area contributed by atoms with Gasteiger partial charge in [0.2, 0.25) is 11.8 Å². The van der Waals surface area contributed by atoms with Gasteiger partial charge < -0.3 is 10.2 Å². The van der Waals surface area contributed by atoms with Crippen molar-refractivity contribution in [3.05, 3.63) is 35.9 Å². The molecule has 21 heavy (non-hydrogen) atoms. The number of piperazine rings is 1. The van der Waals surface area contributed by atoms with Crippen LogP contribution in [0.1, 0.15) is 32.3 Å². The lowest BCUT2D eigenvalue weighted by atomic mass is 9.99. The van der Waals surface area contributed by atoms with Gasteiger partial charge in [-0.25, -0.2) is 0 Å². The summed E-state index contributed by atoms with van der Waals surface area (Å²) < 4.78 is 0. The average Bonchev–Trinajstić information content (AvgIpc) is 3.19. The number of nitrogens with zero attached hydrogens (tertiary/aromatic N) is 1. The summed E-state index contributed by atoms with van der Waals surface area (Å²) in [6.45, 7) is 4.11. The maximum atomic E-state index is 12.8. The van der Waals surface area contributed by atoms with E-state index in [2.05, 4.69) is 12.2 Å². The van der Waals surface area contributed by atoms with Crippen molar-refractivity contribution in [3.8, 4) is 0 Å². The molecule has 1 aliphatic carbocycles. The lowest BCUT2D eigenvalue weighted by Crippen LogP contribution is -2.64. The van der Waals surface area contributed by atoms with Crippen LogP contribution in [0.3, 0.4) is 0 Å². The molecule has 0 aromatic heterocycles. The van der Waals surface area contributed by atoms with Gasteiger partial charge in [0, 0.05) is 12.5 Å². The predicted molar refractivity (Wildman–Crippen MR) is 80.6 cm³/mol. The van der Waals surface area contributed by atoms with Gasteiger partial charge >= 0.3 is 0 Å². The first-order valence-electron chi connectivity index (χ1n) is 7.78. The predicted octanol–water partition coefficient (Wildman–Crippen LogP) is 1.74. The van der Waals surface area contributed by atoms with Crippen molar-refractivity contribution in [2.45, 2.75) is 51.2 Å². The van der Waals surface area contributed by atoms with Gasteiger partial charge in [0.15, 0.2) is 0 Å². The van der Waals surface area contributed by atoms with Crippen LogP contribution in [0.2, 0.25) is 0 Å². The molecule has 4 atom stereocenters. The quantitative estimate of drug-likeness (QED) is 0.916. The van der Waals surface area contributed by atoms with Gasteiger partial charge in [-0.05, 0) is 24.3 Å². The number of nitrogens with one attached hydrogen (secondary N) is 1. The molecule has 1 aliphatic heterocycles. The van der Waals surface area contributed by atoms with E-state index in [1.54, 1.807) is 0 Å². The molecule has 0 bridgehead atoms. The molecule has 1 aromatic carbocycles. The molecule has 1 aromatic rings. The van der Waals surface area contributed by atoms with Crippen LogP contribution >= 0.6 is 0 Å². The van der Waals surface area contributed by atoms with Crippen LogP contribution in [0, 0.1) is 5.92 Å². The zero-order valence-corrected chi connectivity index (χ0v) is 12.6. The van der Waals surface area contributed by atoms with Crippen molar-refractivity contribution in [1.82, 2.24) is 10.2 Å². The van der Waals surface area contributed by atoms with Crippen LogP contribution in [-0.2, 0) is 16.0 Å². The molecular weight excluding hydrogens is 264 g/mol. The number of hydrogen-bond acceptors (Lipinski definition) is 2. The smallest absolute Gasteiger partial charge is 0.246 e. The lowest BCUT2D eigenvalue weighted by molar-refractivity contribution is -0.150. The molecule has 1 N–H and O–H groups in total. The minimum Gasteiger partial charge on any atom is -0.342 e. The molecule has 1 saturated heterocycles. The Balaban J connectivity index is 1.80. The summed E-state index contributed by atoms with van der Waals surface area (Å²) in [5, 5.41) is 2.91. The Morgan fingerprint density at radius 1 is 1.24 bits per heavy atom. The first-order chi connectivity index (χ1) is 10.1. The standard InChI is InChI=1S/C17H22N2O2/c1-3-14-16(20)18-13(10-12-7-5-4-6-8-12)17(21)19(14)15-9-11(15)2/h4-8,11,13-15H,3,9-10H2,1-2H3,(H,18,20). The van der Waals surface area contributed by atoms with E-state index >= 15 is 0 Å². The monoisotopic (exact) mass is 286 g/mol. The Bertz CT molecular complexity index is 543. The van der Waals surface area contributed by atoms with E-state index in [4.69, 9.17) is 0 Å². The Kier molecular flexibility index (Phi) is 3.70. The maximum Gasteiger partial charge on any atom is 0.246 e. The van der Waals surface area contributed by atoms with E-state index < -0.39 is 6.04 Å². The Hall–Kier alpha value is -1.84. The van der Waals surface area contributed by atoms with E-state index in [1.807, 2.05) is 42.2 Å². The second kappa shape index (κ2) is 5.51. The van der Waals surface area contributed by atoms with E-state index in [9.17, 15) is 9.59 Å². The SMILES string of the molecule is CCC1C(=O)NC(Cc2ccccc2)C(=O)N1C1CC1C. The van der Waals surface area contributed by atoms with Crippen molar-refractivity contribution in [1.29, 1.82) is 0 Å². The lowest BCUT2D eigenvalue weighted by Gasteiger charge is -2.39. The van der Waals surface area contributed by atoms with Gasteiger partial charge in [0.25, 0.3) is 0 Å². The number of amides is 2. The van der Waals surface area contributed by atoms with Crippen molar-refractivity contribution in [2.75, 3.05) is 0 Å². The van der Waals surface area contributed by atoms with E-state index in [1.165, 1.54) is 0 Å². The molecule has 2 fully saturated rings. The first kappa shape index (κ1) is 14.1. The zero-order chi connectivity index (χ0) is 15.0. The van der Waals surface area contributed by atoms with Crippen LogP contribution in [0.25, 0.3) is 0 Å². The van der Waals surface area contributed by atoms with Crippen molar-refractivity contribution >= 4 is 11.8 Å². The summed E-state index contributed by atoms with van der Waals surface area (Å²) in [6, 6.07) is 9.41. The van der Waals surface area contributed by atoms with Crippen LogP contribution in [0.4, 0.5) is 0 Å². The molecule has 4 nitrogen and oxygen atoms in total. The molecule has 1 heterocycles. The van der Waals surface area contributed by atoms with Gasteiger partial charge in [-0.3, -0.25) is 9.59 Å². The second-order valence-electron chi connectivity index (χ2n) is 6.20. The van der Waals surface area contributed by atoms with Gasteiger partial charge in [-0.15, -0.1) is 0 Å². The molecule has 4 heteroatoms.